The van der Waals surface area contributed by atoms with Gasteiger partial charge in [0.05, 0.1) is 6.04 Å². The second kappa shape index (κ2) is 4.11. The highest BCUT2D eigenvalue weighted by atomic mass is 16.5. The first-order valence-corrected chi connectivity index (χ1v) is 5.58. The van der Waals surface area contributed by atoms with Gasteiger partial charge in [0.15, 0.2) is 0 Å². The largest absolute Gasteiger partial charge is 0.491 e. The van der Waals surface area contributed by atoms with Crippen LogP contribution in [0.2, 0.25) is 0 Å². The molecule has 3 heteroatoms. The topological polar surface area (TPSA) is 44.5 Å². The highest BCUT2D eigenvalue weighted by Crippen LogP contribution is 2.35. The summed E-state index contributed by atoms with van der Waals surface area (Å²) in [7, 11) is 0. The van der Waals surface area contributed by atoms with E-state index < -0.39 is 0 Å². The molecule has 1 heterocycles. The maximum atomic E-state index is 5.93. The molecule has 0 saturated carbocycles. The zero-order valence-electron chi connectivity index (χ0n) is 9.30. The molecule has 2 aromatic rings. The molecule has 0 aromatic heterocycles. The number of hydrogen-bond donors (Lipinski definition) is 1. The van der Waals surface area contributed by atoms with Crippen molar-refractivity contribution in [3.05, 3.63) is 54.1 Å². The molecule has 2 N–H and O–H groups in total. The average molecular weight is 227 g/mol. The number of para-hydroxylation sites is 1. The molecule has 3 nitrogen and oxygen atoms in total. The third-order valence-electron chi connectivity index (χ3n) is 2.78. The molecular weight excluding hydrogens is 214 g/mol. The summed E-state index contributed by atoms with van der Waals surface area (Å²) in [6.07, 6.45) is 0. The van der Waals surface area contributed by atoms with Gasteiger partial charge in [-0.2, -0.15) is 0 Å². The number of hydrogen-bond acceptors (Lipinski definition) is 3. The van der Waals surface area contributed by atoms with Gasteiger partial charge in [0.2, 0.25) is 0 Å². The minimum atomic E-state index is -0.0516. The Morgan fingerprint density at radius 3 is 2.71 bits per heavy atom. The molecule has 0 aliphatic carbocycles. The van der Waals surface area contributed by atoms with E-state index >= 15 is 0 Å². The van der Waals surface area contributed by atoms with E-state index in [4.69, 9.17) is 15.2 Å². The Morgan fingerprint density at radius 1 is 1.06 bits per heavy atom. The van der Waals surface area contributed by atoms with Gasteiger partial charge in [-0.15, -0.1) is 0 Å². The summed E-state index contributed by atoms with van der Waals surface area (Å²) in [5.41, 5.74) is 6.94. The third kappa shape index (κ3) is 1.97. The number of ether oxygens (including phenoxy) is 2. The summed E-state index contributed by atoms with van der Waals surface area (Å²) in [6, 6.07) is 15.4. The molecule has 0 fully saturated rings. The summed E-state index contributed by atoms with van der Waals surface area (Å²) in [4.78, 5) is 0. The van der Waals surface area contributed by atoms with Crippen molar-refractivity contribution in [1.82, 2.24) is 0 Å². The van der Waals surface area contributed by atoms with E-state index in [0.29, 0.717) is 6.61 Å². The van der Waals surface area contributed by atoms with Crippen LogP contribution in [0.3, 0.4) is 0 Å². The van der Waals surface area contributed by atoms with Crippen molar-refractivity contribution < 1.29 is 9.47 Å². The molecule has 1 atom stereocenters. The normalized spacial score (nSPS) is 17.4. The van der Waals surface area contributed by atoms with Gasteiger partial charge in [-0.05, 0) is 30.3 Å². The average Bonchev–Trinajstić information content (AvgIpc) is 2.73. The van der Waals surface area contributed by atoms with E-state index in [-0.39, 0.29) is 6.04 Å². The van der Waals surface area contributed by atoms with Crippen LogP contribution >= 0.6 is 0 Å². The quantitative estimate of drug-likeness (QED) is 0.858. The maximum Gasteiger partial charge on any atom is 0.128 e. The molecule has 17 heavy (non-hydrogen) atoms. The molecule has 2 aromatic carbocycles. The van der Waals surface area contributed by atoms with E-state index in [1.165, 1.54) is 0 Å². The summed E-state index contributed by atoms with van der Waals surface area (Å²) < 4.78 is 11.2. The molecular formula is C14H13NO2. The molecule has 3 rings (SSSR count). The second-order valence-electron chi connectivity index (χ2n) is 4.03. The number of fused-ring (bicyclic) bond motifs is 1. The van der Waals surface area contributed by atoms with Crippen LogP contribution in [0, 0.1) is 0 Å². The second-order valence-corrected chi connectivity index (χ2v) is 4.03. The van der Waals surface area contributed by atoms with Crippen molar-refractivity contribution in [2.24, 2.45) is 5.73 Å². The first kappa shape index (κ1) is 10.2. The van der Waals surface area contributed by atoms with Crippen LogP contribution in [-0.2, 0) is 0 Å². The third-order valence-corrected chi connectivity index (χ3v) is 2.78. The zero-order chi connectivity index (χ0) is 11.7. The standard InChI is InChI=1S/C14H13NO2/c15-13-9-16-14-7-6-11(8-12(13)14)17-10-4-2-1-3-5-10/h1-8,13H,9,15H2/t13-/m1/s1. The van der Waals surface area contributed by atoms with Crippen molar-refractivity contribution in [2.75, 3.05) is 6.61 Å². The highest BCUT2D eigenvalue weighted by Gasteiger charge is 2.20. The molecule has 1 aliphatic heterocycles. The number of rotatable bonds is 2. The highest BCUT2D eigenvalue weighted by molar-refractivity contribution is 5.45. The fraction of sp³-hybridized carbons (Fsp3) is 0.143. The minimum absolute atomic E-state index is 0.0516. The SMILES string of the molecule is N[C@@H]1COc2ccc(Oc3ccccc3)cc21. The lowest BCUT2D eigenvalue weighted by Crippen LogP contribution is -2.10. The predicted octanol–water partition coefficient (Wildman–Crippen LogP) is 2.87. The van der Waals surface area contributed by atoms with Crippen molar-refractivity contribution in [1.29, 1.82) is 0 Å². The Balaban J connectivity index is 1.88. The molecule has 0 amide bonds. The van der Waals surface area contributed by atoms with Gasteiger partial charge in [-0.1, -0.05) is 18.2 Å². The van der Waals surface area contributed by atoms with Gasteiger partial charge >= 0.3 is 0 Å². The summed E-state index contributed by atoms with van der Waals surface area (Å²) in [5, 5.41) is 0. The van der Waals surface area contributed by atoms with Gasteiger partial charge in [-0.25, -0.2) is 0 Å². The van der Waals surface area contributed by atoms with Crippen LogP contribution in [0.1, 0.15) is 11.6 Å². The first-order chi connectivity index (χ1) is 8.33. The predicted molar refractivity (Wildman–Crippen MR) is 65.4 cm³/mol. The Kier molecular flexibility index (Phi) is 2.46. The monoisotopic (exact) mass is 227 g/mol. The van der Waals surface area contributed by atoms with Crippen LogP contribution in [-0.4, -0.2) is 6.61 Å². The fourth-order valence-electron chi connectivity index (χ4n) is 1.91. The van der Waals surface area contributed by atoms with Gasteiger partial charge in [0.1, 0.15) is 23.9 Å². The van der Waals surface area contributed by atoms with Gasteiger partial charge in [-0.3, -0.25) is 0 Å². The van der Waals surface area contributed by atoms with Crippen LogP contribution < -0.4 is 15.2 Å². The first-order valence-electron chi connectivity index (χ1n) is 5.58. The number of benzene rings is 2. The lowest BCUT2D eigenvalue weighted by Gasteiger charge is -2.07. The Labute approximate surface area is 99.8 Å². The van der Waals surface area contributed by atoms with Crippen LogP contribution in [0.5, 0.6) is 17.2 Å². The van der Waals surface area contributed by atoms with Crippen molar-refractivity contribution in [2.45, 2.75) is 6.04 Å². The van der Waals surface area contributed by atoms with Crippen LogP contribution in [0.4, 0.5) is 0 Å². The molecule has 1 aliphatic rings. The minimum Gasteiger partial charge on any atom is -0.491 e. The summed E-state index contributed by atoms with van der Waals surface area (Å²) >= 11 is 0. The van der Waals surface area contributed by atoms with Gasteiger partial charge in [0, 0.05) is 5.56 Å². The van der Waals surface area contributed by atoms with Gasteiger partial charge < -0.3 is 15.2 Å². The maximum absolute atomic E-state index is 5.93. The van der Waals surface area contributed by atoms with Crippen molar-refractivity contribution in [3.63, 3.8) is 0 Å². The van der Waals surface area contributed by atoms with Crippen molar-refractivity contribution >= 4 is 0 Å². The molecule has 0 unspecified atom stereocenters. The molecule has 0 radical (unpaired) electrons. The molecule has 86 valence electrons. The Hall–Kier alpha value is -2.00. The van der Waals surface area contributed by atoms with Gasteiger partial charge in [0.25, 0.3) is 0 Å². The van der Waals surface area contributed by atoms with E-state index in [1.54, 1.807) is 0 Å². The molecule has 0 saturated heterocycles. The van der Waals surface area contributed by atoms with E-state index in [2.05, 4.69) is 0 Å². The summed E-state index contributed by atoms with van der Waals surface area (Å²) in [5.74, 6) is 2.47. The summed E-state index contributed by atoms with van der Waals surface area (Å²) in [6.45, 7) is 0.546. The zero-order valence-corrected chi connectivity index (χ0v) is 9.30. The lowest BCUT2D eigenvalue weighted by molar-refractivity contribution is 0.333. The smallest absolute Gasteiger partial charge is 0.128 e. The molecule has 0 bridgehead atoms. The van der Waals surface area contributed by atoms with Crippen molar-refractivity contribution in [3.8, 4) is 17.2 Å². The lowest BCUT2D eigenvalue weighted by atomic mass is 10.1. The Bertz CT molecular complexity index is 525. The number of nitrogens with two attached hydrogens (primary N) is 1. The van der Waals surface area contributed by atoms with E-state index in [0.717, 1.165) is 22.8 Å². The van der Waals surface area contributed by atoms with Crippen LogP contribution in [0.25, 0.3) is 0 Å². The molecule has 0 spiro atoms. The fourth-order valence-corrected chi connectivity index (χ4v) is 1.91. The van der Waals surface area contributed by atoms with E-state index in [9.17, 15) is 0 Å². The van der Waals surface area contributed by atoms with Crippen LogP contribution in [0.15, 0.2) is 48.5 Å². The Morgan fingerprint density at radius 2 is 1.88 bits per heavy atom. The van der Waals surface area contributed by atoms with E-state index in [1.807, 2.05) is 48.5 Å².